The van der Waals surface area contributed by atoms with Crippen molar-refractivity contribution in [2.45, 2.75) is 57.9 Å². The van der Waals surface area contributed by atoms with Crippen LogP contribution in [0.5, 0.6) is 0 Å². The second-order valence-electron chi connectivity index (χ2n) is 4.95. The van der Waals surface area contributed by atoms with Gasteiger partial charge in [0.05, 0.1) is 0 Å². The van der Waals surface area contributed by atoms with E-state index in [-0.39, 0.29) is 5.54 Å². The fraction of sp³-hybridized carbons (Fsp3) is 1.00. The zero-order valence-electron chi connectivity index (χ0n) is 9.81. The summed E-state index contributed by atoms with van der Waals surface area (Å²) in [6.07, 6.45) is 7.81. The van der Waals surface area contributed by atoms with E-state index in [2.05, 4.69) is 19.2 Å². The Labute approximate surface area is 88.6 Å². The van der Waals surface area contributed by atoms with Gasteiger partial charge < -0.3 is 11.1 Å². The lowest BCUT2D eigenvalue weighted by atomic mass is 9.89. The highest BCUT2D eigenvalue weighted by molar-refractivity contribution is 4.91. The Balaban J connectivity index is 2.49. The van der Waals surface area contributed by atoms with Crippen LogP contribution in [0.15, 0.2) is 0 Å². The molecule has 0 aromatic carbocycles. The summed E-state index contributed by atoms with van der Waals surface area (Å²) >= 11 is 0. The van der Waals surface area contributed by atoms with Crippen molar-refractivity contribution >= 4 is 0 Å². The molecule has 2 nitrogen and oxygen atoms in total. The van der Waals surface area contributed by atoms with E-state index in [1.807, 2.05) is 0 Å². The van der Waals surface area contributed by atoms with Crippen LogP contribution in [0.25, 0.3) is 0 Å². The molecule has 1 saturated carbocycles. The molecule has 1 aliphatic rings. The average molecular weight is 198 g/mol. The third-order valence-corrected chi connectivity index (χ3v) is 3.61. The highest BCUT2D eigenvalue weighted by Crippen LogP contribution is 2.29. The zero-order valence-corrected chi connectivity index (χ0v) is 9.81. The smallest absolute Gasteiger partial charge is 0.0304 e. The van der Waals surface area contributed by atoms with Crippen LogP contribution in [-0.2, 0) is 0 Å². The summed E-state index contributed by atoms with van der Waals surface area (Å²) < 4.78 is 0. The van der Waals surface area contributed by atoms with Gasteiger partial charge in [0.1, 0.15) is 0 Å². The van der Waals surface area contributed by atoms with E-state index in [1.165, 1.54) is 38.5 Å². The second kappa shape index (κ2) is 5.72. The molecule has 0 spiro atoms. The average Bonchev–Trinajstić information content (AvgIpc) is 2.39. The van der Waals surface area contributed by atoms with Crippen molar-refractivity contribution in [3.8, 4) is 0 Å². The molecule has 2 unspecified atom stereocenters. The monoisotopic (exact) mass is 198 g/mol. The Kier molecular flexibility index (Phi) is 4.90. The third-order valence-electron chi connectivity index (χ3n) is 3.61. The molecule has 0 heterocycles. The molecule has 0 aromatic rings. The van der Waals surface area contributed by atoms with Crippen molar-refractivity contribution in [1.29, 1.82) is 0 Å². The molecule has 0 radical (unpaired) electrons. The van der Waals surface area contributed by atoms with Crippen LogP contribution in [0.3, 0.4) is 0 Å². The van der Waals surface area contributed by atoms with Gasteiger partial charge in [0.15, 0.2) is 0 Å². The predicted molar refractivity (Wildman–Crippen MR) is 62.3 cm³/mol. The summed E-state index contributed by atoms with van der Waals surface area (Å²) in [5.41, 5.74) is 6.20. The van der Waals surface area contributed by atoms with Gasteiger partial charge in [0.25, 0.3) is 0 Å². The van der Waals surface area contributed by atoms with Crippen LogP contribution < -0.4 is 11.1 Å². The highest BCUT2D eigenvalue weighted by atomic mass is 15.0. The van der Waals surface area contributed by atoms with Crippen molar-refractivity contribution in [3.63, 3.8) is 0 Å². The minimum absolute atomic E-state index is 0.265. The topological polar surface area (TPSA) is 38.0 Å². The first kappa shape index (κ1) is 12.0. The maximum absolute atomic E-state index is 5.93. The Bertz CT molecular complexity index is 154. The standard InChI is InChI=1S/C12H26N2/c1-3-9-14-12(10-13)7-4-5-11(2)6-8-12/h11,14H,3-10,13H2,1-2H3. The summed E-state index contributed by atoms with van der Waals surface area (Å²) in [4.78, 5) is 0. The Morgan fingerprint density at radius 2 is 2.14 bits per heavy atom. The van der Waals surface area contributed by atoms with Crippen molar-refractivity contribution in [2.24, 2.45) is 11.7 Å². The molecule has 0 aromatic heterocycles. The lowest BCUT2D eigenvalue weighted by Gasteiger charge is -2.33. The summed E-state index contributed by atoms with van der Waals surface area (Å²) in [5, 5.41) is 3.67. The van der Waals surface area contributed by atoms with Crippen molar-refractivity contribution in [1.82, 2.24) is 5.32 Å². The molecule has 0 amide bonds. The van der Waals surface area contributed by atoms with Crippen molar-refractivity contribution < 1.29 is 0 Å². The van der Waals surface area contributed by atoms with Gasteiger partial charge in [-0.15, -0.1) is 0 Å². The van der Waals surface area contributed by atoms with Gasteiger partial charge in [-0.2, -0.15) is 0 Å². The van der Waals surface area contributed by atoms with E-state index in [4.69, 9.17) is 5.73 Å². The molecule has 0 bridgehead atoms. The number of hydrogen-bond acceptors (Lipinski definition) is 2. The van der Waals surface area contributed by atoms with Crippen LogP contribution >= 0.6 is 0 Å². The Hall–Kier alpha value is -0.0800. The molecule has 1 aliphatic carbocycles. The van der Waals surface area contributed by atoms with Gasteiger partial charge in [-0.05, 0) is 38.1 Å². The normalized spacial score (nSPS) is 34.1. The van der Waals surface area contributed by atoms with Gasteiger partial charge in [0, 0.05) is 12.1 Å². The van der Waals surface area contributed by atoms with Gasteiger partial charge in [-0.25, -0.2) is 0 Å². The maximum atomic E-state index is 5.93. The highest BCUT2D eigenvalue weighted by Gasteiger charge is 2.29. The molecule has 0 aliphatic heterocycles. The molecule has 1 fully saturated rings. The first-order valence-corrected chi connectivity index (χ1v) is 6.17. The minimum atomic E-state index is 0.265. The lowest BCUT2D eigenvalue weighted by molar-refractivity contribution is 0.290. The fourth-order valence-electron chi connectivity index (χ4n) is 2.42. The molecule has 84 valence electrons. The molecule has 0 saturated heterocycles. The van der Waals surface area contributed by atoms with Crippen molar-refractivity contribution in [2.75, 3.05) is 13.1 Å². The van der Waals surface area contributed by atoms with Crippen LogP contribution in [0.2, 0.25) is 0 Å². The Morgan fingerprint density at radius 1 is 1.36 bits per heavy atom. The van der Waals surface area contributed by atoms with E-state index >= 15 is 0 Å². The molecule has 2 heteroatoms. The first-order chi connectivity index (χ1) is 6.72. The molecule has 14 heavy (non-hydrogen) atoms. The third kappa shape index (κ3) is 3.25. The number of hydrogen-bond donors (Lipinski definition) is 2. The minimum Gasteiger partial charge on any atom is -0.329 e. The maximum Gasteiger partial charge on any atom is 0.0304 e. The van der Waals surface area contributed by atoms with Crippen LogP contribution in [-0.4, -0.2) is 18.6 Å². The van der Waals surface area contributed by atoms with E-state index in [1.54, 1.807) is 0 Å². The second-order valence-corrected chi connectivity index (χ2v) is 4.95. The van der Waals surface area contributed by atoms with Crippen LogP contribution in [0, 0.1) is 5.92 Å². The van der Waals surface area contributed by atoms with Gasteiger partial charge >= 0.3 is 0 Å². The summed E-state index contributed by atoms with van der Waals surface area (Å²) in [7, 11) is 0. The van der Waals surface area contributed by atoms with Crippen LogP contribution in [0.1, 0.15) is 52.4 Å². The fourth-order valence-corrected chi connectivity index (χ4v) is 2.42. The summed E-state index contributed by atoms with van der Waals surface area (Å²) in [6.45, 7) is 6.51. The number of nitrogens with two attached hydrogens (primary N) is 1. The first-order valence-electron chi connectivity index (χ1n) is 6.17. The molecular weight excluding hydrogens is 172 g/mol. The van der Waals surface area contributed by atoms with Gasteiger partial charge in [-0.3, -0.25) is 0 Å². The zero-order chi connectivity index (χ0) is 10.4. The van der Waals surface area contributed by atoms with Gasteiger partial charge in [0.2, 0.25) is 0 Å². The van der Waals surface area contributed by atoms with Gasteiger partial charge in [-0.1, -0.05) is 26.7 Å². The largest absolute Gasteiger partial charge is 0.329 e. The Morgan fingerprint density at radius 3 is 2.79 bits per heavy atom. The van der Waals surface area contributed by atoms with E-state index in [0.717, 1.165) is 19.0 Å². The molecular formula is C12H26N2. The summed E-state index contributed by atoms with van der Waals surface area (Å²) in [5.74, 6) is 0.895. The van der Waals surface area contributed by atoms with E-state index in [9.17, 15) is 0 Å². The molecule has 3 N–H and O–H groups in total. The molecule has 2 atom stereocenters. The van der Waals surface area contributed by atoms with Crippen LogP contribution in [0.4, 0.5) is 0 Å². The molecule has 1 rings (SSSR count). The lowest BCUT2D eigenvalue weighted by Crippen LogP contribution is -2.51. The quantitative estimate of drug-likeness (QED) is 0.680. The van der Waals surface area contributed by atoms with E-state index < -0.39 is 0 Å². The SMILES string of the molecule is CCCNC1(CN)CCCC(C)CC1. The number of rotatable bonds is 4. The summed E-state index contributed by atoms with van der Waals surface area (Å²) in [6, 6.07) is 0. The number of nitrogens with one attached hydrogen (secondary N) is 1. The van der Waals surface area contributed by atoms with Crippen molar-refractivity contribution in [3.05, 3.63) is 0 Å². The van der Waals surface area contributed by atoms with E-state index in [0.29, 0.717) is 0 Å². The predicted octanol–water partition coefficient (Wildman–Crippen LogP) is 2.28.